The molecule has 5 rings (SSSR count). The first kappa shape index (κ1) is 20.9. The van der Waals surface area contributed by atoms with Crippen molar-refractivity contribution < 1.29 is 13.2 Å². The molecule has 2 N–H and O–H groups in total. The molecule has 1 atom stereocenters. The second-order valence-corrected chi connectivity index (χ2v) is 7.51. The minimum absolute atomic E-state index is 0.0157. The Bertz CT molecular complexity index is 1600. The third-order valence-electron chi connectivity index (χ3n) is 5.08. The maximum absolute atomic E-state index is 14.8. The van der Waals surface area contributed by atoms with Gasteiger partial charge in [-0.25, -0.2) is 33.1 Å². The summed E-state index contributed by atoms with van der Waals surface area (Å²) in [5.74, 6) is -2.92. The van der Waals surface area contributed by atoms with E-state index in [9.17, 15) is 18.0 Å². The first-order chi connectivity index (χ1) is 15.9. The predicted molar refractivity (Wildman–Crippen MR) is 116 cm³/mol. The minimum atomic E-state index is -1.27. The van der Waals surface area contributed by atoms with Crippen molar-refractivity contribution in [2.75, 3.05) is 5.32 Å². The van der Waals surface area contributed by atoms with Crippen molar-refractivity contribution in [2.45, 2.75) is 13.0 Å². The molecule has 0 fully saturated rings. The lowest BCUT2D eigenvalue weighted by Gasteiger charge is -2.20. The van der Waals surface area contributed by atoms with Gasteiger partial charge < -0.3 is 10.3 Å². The smallest absolute Gasteiger partial charge is 0.267 e. The van der Waals surface area contributed by atoms with Gasteiger partial charge >= 0.3 is 0 Å². The van der Waals surface area contributed by atoms with Gasteiger partial charge in [0.2, 0.25) is 0 Å². The van der Waals surface area contributed by atoms with Crippen LogP contribution >= 0.6 is 11.6 Å². The van der Waals surface area contributed by atoms with Gasteiger partial charge in [-0.15, -0.1) is 0 Å². The highest BCUT2D eigenvalue weighted by Gasteiger charge is 2.24. The third-order valence-corrected chi connectivity index (χ3v) is 5.45. The maximum atomic E-state index is 14.8. The number of hydrogen-bond donors (Lipinski definition) is 2. The molecule has 0 aliphatic heterocycles. The van der Waals surface area contributed by atoms with Gasteiger partial charge in [0.15, 0.2) is 23.1 Å². The normalized spacial score (nSPS) is 12.4. The van der Waals surface area contributed by atoms with Crippen molar-refractivity contribution in [3.63, 3.8) is 0 Å². The summed E-state index contributed by atoms with van der Waals surface area (Å²) in [5.41, 5.74) is -0.255. The Morgan fingerprint density at radius 2 is 1.91 bits per heavy atom. The van der Waals surface area contributed by atoms with Crippen LogP contribution in [0.4, 0.5) is 19.0 Å². The predicted octanol–water partition coefficient (Wildman–Crippen LogP) is 4.30. The molecule has 3 aromatic heterocycles. The molecule has 0 saturated carbocycles. The summed E-state index contributed by atoms with van der Waals surface area (Å²) < 4.78 is 43.8. The van der Waals surface area contributed by atoms with Gasteiger partial charge in [0.25, 0.3) is 5.56 Å². The van der Waals surface area contributed by atoms with E-state index in [0.717, 1.165) is 16.7 Å². The van der Waals surface area contributed by atoms with Crippen LogP contribution in [-0.2, 0) is 0 Å². The van der Waals surface area contributed by atoms with Crippen molar-refractivity contribution in [1.82, 2.24) is 29.5 Å². The number of benzene rings is 2. The standard InChI is InChI=1S/C21H13ClF3N7O/c1-9(30-19-17-18(27-7-26-17)28-8-29-19)20-31-12-6-5-10(23)15(22)14(12)21(33)32(20)13-4-2-3-11(24)16(13)25/h2-9H,1H3,(H2,26,27,28,29,30). The summed E-state index contributed by atoms with van der Waals surface area (Å²) in [6.45, 7) is 1.65. The number of halogens is 4. The highest BCUT2D eigenvalue weighted by atomic mass is 35.5. The van der Waals surface area contributed by atoms with Crippen molar-refractivity contribution in [3.05, 3.63) is 81.6 Å². The van der Waals surface area contributed by atoms with Crippen LogP contribution in [-0.4, -0.2) is 29.5 Å². The summed E-state index contributed by atoms with van der Waals surface area (Å²) in [6.07, 6.45) is 2.75. The topological polar surface area (TPSA) is 101 Å². The number of rotatable bonds is 4. The Balaban J connectivity index is 1.77. The van der Waals surface area contributed by atoms with Crippen molar-refractivity contribution in [1.29, 1.82) is 0 Å². The number of anilines is 1. The van der Waals surface area contributed by atoms with Gasteiger partial charge in [-0.2, -0.15) is 0 Å². The second kappa shape index (κ2) is 7.85. The zero-order valence-electron chi connectivity index (χ0n) is 16.8. The summed E-state index contributed by atoms with van der Waals surface area (Å²) in [4.78, 5) is 33.1. The molecule has 1 unspecified atom stereocenters. The van der Waals surface area contributed by atoms with Gasteiger partial charge in [0.05, 0.1) is 34.0 Å². The highest BCUT2D eigenvalue weighted by Crippen LogP contribution is 2.28. The number of nitrogens with one attached hydrogen (secondary N) is 2. The highest BCUT2D eigenvalue weighted by molar-refractivity contribution is 6.35. The molecule has 33 heavy (non-hydrogen) atoms. The third kappa shape index (κ3) is 3.37. The largest absolute Gasteiger partial charge is 0.358 e. The molecule has 0 bridgehead atoms. The number of aromatic nitrogens is 6. The molecule has 12 heteroatoms. The molecule has 0 spiro atoms. The maximum Gasteiger partial charge on any atom is 0.267 e. The van der Waals surface area contributed by atoms with E-state index in [1.54, 1.807) is 6.92 Å². The van der Waals surface area contributed by atoms with E-state index in [0.29, 0.717) is 17.0 Å². The molecule has 166 valence electrons. The van der Waals surface area contributed by atoms with Crippen LogP contribution in [0.1, 0.15) is 18.8 Å². The van der Waals surface area contributed by atoms with Crippen LogP contribution < -0.4 is 10.9 Å². The van der Waals surface area contributed by atoms with Crippen molar-refractivity contribution in [2.24, 2.45) is 0 Å². The molecular weight excluding hydrogens is 459 g/mol. The quantitative estimate of drug-likeness (QED) is 0.405. The lowest BCUT2D eigenvalue weighted by molar-refractivity contribution is 0.501. The molecule has 0 saturated heterocycles. The Labute approximate surface area is 188 Å². The van der Waals surface area contributed by atoms with Gasteiger partial charge in [0, 0.05) is 0 Å². The summed E-state index contributed by atoms with van der Waals surface area (Å²) >= 11 is 6.04. The Kier molecular flexibility index (Phi) is 4.97. The van der Waals surface area contributed by atoms with E-state index in [4.69, 9.17) is 11.6 Å². The second-order valence-electron chi connectivity index (χ2n) is 7.13. The van der Waals surface area contributed by atoms with E-state index in [1.807, 2.05) is 0 Å². The molecule has 3 heterocycles. The number of imidazole rings is 1. The molecule has 0 aliphatic rings. The molecule has 2 aromatic carbocycles. The Morgan fingerprint density at radius 1 is 1.09 bits per heavy atom. The molecule has 0 aliphatic carbocycles. The first-order valence-electron chi connectivity index (χ1n) is 9.62. The monoisotopic (exact) mass is 471 g/mol. The van der Waals surface area contributed by atoms with Gasteiger partial charge in [0.1, 0.15) is 23.5 Å². The first-order valence-corrected chi connectivity index (χ1v) is 10.00. The van der Waals surface area contributed by atoms with Crippen LogP contribution in [0.15, 0.2) is 47.8 Å². The molecule has 5 aromatic rings. The number of fused-ring (bicyclic) bond motifs is 2. The van der Waals surface area contributed by atoms with Crippen molar-refractivity contribution >= 4 is 39.5 Å². The zero-order chi connectivity index (χ0) is 23.3. The van der Waals surface area contributed by atoms with E-state index in [-0.39, 0.29) is 16.7 Å². The van der Waals surface area contributed by atoms with Crippen LogP contribution in [0.5, 0.6) is 0 Å². The van der Waals surface area contributed by atoms with E-state index >= 15 is 0 Å². The van der Waals surface area contributed by atoms with Crippen LogP contribution in [0.3, 0.4) is 0 Å². The van der Waals surface area contributed by atoms with E-state index in [1.165, 1.54) is 30.9 Å². The van der Waals surface area contributed by atoms with Crippen LogP contribution in [0.25, 0.3) is 27.8 Å². The number of aromatic amines is 1. The van der Waals surface area contributed by atoms with Gasteiger partial charge in [-0.05, 0) is 31.2 Å². The van der Waals surface area contributed by atoms with Crippen molar-refractivity contribution in [3.8, 4) is 5.69 Å². The van der Waals surface area contributed by atoms with Gasteiger partial charge in [-0.3, -0.25) is 9.36 Å². The summed E-state index contributed by atoms with van der Waals surface area (Å²) in [6, 6.07) is 4.98. The fraction of sp³-hybridized carbons (Fsp3) is 0.0952. The average Bonchev–Trinajstić information content (AvgIpc) is 3.28. The molecule has 0 radical (unpaired) electrons. The Hall–Kier alpha value is -3.99. The van der Waals surface area contributed by atoms with E-state index in [2.05, 4.69) is 30.2 Å². The fourth-order valence-corrected chi connectivity index (χ4v) is 3.80. The van der Waals surface area contributed by atoms with Crippen LogP contribution in [0, 0.1) is 17.5 Å². The SMILES string of the molecule is CC(Nc1ncnc2[nH]cnc12)c1nc2ccc(F)c(Cl)c2c(=O)n1-c1cccc(F)c1F. The molecule has 0 amide bonds. The Morgan fingerprint density at radius 3 is 2.73 bits per heavy atom. The summed E-state index contributed by atoms with van der Waals surface area (Å²) in [5, 5.41) is 2.35. The number of H-pyrrole nitrogens is 1. The summed E-state index contributed by atoms with van der Waals surface area (Å²) in [7, 11) is 0. The zero-order valence-corrected chi connectivity index (χ0v) is 17.5. The minimum Gasteiger partial charge on any atom is -0.358 e. The lowest BCUT2D eigenvalue weighted by Crippen LogP contribution is -2.28. The lowest BCUT2D eigenvalue weighted by atomic mass is 10.2. The molecular formula is C21H13ClF3N7O. The number of nitrogens with zero attached hydrogens (tertiary/aromatic N) is 5. The molecule has 8 nitrogen and oxygen atoms in total. The average molecular weight is 472 g/mol. The number of hydrogen-bond acceptors (Lipinski definition) is 6. The van der Waals surface area contributed by atoms with E-state index < -0.39 is 39.8 Å². The fourth-order valence-electron chi connectivity index (χ4n) is 3.55. The van der Waals surface area contributed by atoms with Crippen LogP contribution in [0.2, 0.25) is 5.02 Å². The van der Waals surface area contributed by atoms with Gasteiger partial charge in [-0.1, -0.05) is 17.7 Å².